The number of aliphatic hydroxyl groups excluding tert-OH is 1. The maximum Gasteiger partial charge on any atom is 0.413 e. The molecule has 0 amide bonds. The Bertz CT molecular complexity index is 542. The zero-order valence-corrected chi connectivity index (χ0v) is 11.0. The summed E-state index contributed by atoms with van der Waals surface area (Å²) >= 11 is 0. The monoisotopic (exact) mass is 304 g/mol. The molecule has 1 unspecified atom stereocenters. The molecule has 0 aliphatic rings. The molecular weight excluding hydrogens is 292 g/mol. The standard InChI is InChI=1S/C6H10N2O.H2O7S2/c1-5(9)6-7-3-4-8(6)2;1-8(2,3)7-9(4,5)6/h3-5,9H,1-2H3;(H,1,2,3)(H,4,5,6). The van der Waals surface area contributed by atoms with Gasteiger partial charge < -0.3 is 9.67 Å². The second-order valence-corrected chi connectivity index (χ2v) is 5.25. The molecule has 1 atom stereocenters. The van der Waals surface area contributed by atoms with Crippen LogP contribution in [0, 0.1) is 0 Å². The van der Waals surface area contributed by atoms with Gasteiger partial charge in [0.05, 0.1) is 0 Å². The number of aryl methyl sites for hydroxylation is 1. The van der Waals surface area contributed by atoms with E-state index < -0.39 is 26.9 Å². The first-order chi connectivity index (χ1) is 7.92. The fourth-order valence-electron chi connectivity index (χ4n) is 0.888. The van der Waals surface area contributed by atoms with E-state index >= 15 is 0 Å². The van der Waals surface area contributed by atoms with Gasteiger partial charge in [-0.05, 0) is 6.92 Å². The molecule has 3 N–H and O–H groups in total. The molecule has 0 aromatic carbocycles. The Morgan fingerprint density at radius 1 is 1.28 bits per heavy atom. The Morgan fingerprint density at radius 3 is 1.83 bits per heavy atom. The van der Waals surface area contributed by atoms with E-state index in [2.05, 4.69) is 8.61 Å². The number of nitrogens with zero attached hydrogens (tertiary/aromatic N) is 2. The van der Waals surface area contributed by atoms with Gasteiger partial charge >= 0.3 is 20.8 Å². The van der Waals surface area contributed by atoms with Crippen LogP contribution in [0.3, 0.4) is 0 Å². The third-order valence-corrected chi connectivity index (χ3v) is 2.78. The first kappa shape index (κ1) is 16.9. The van der Waals surface area contributed by atoms with Crippen molar-refractivity contribution in [3.05, 3.63) is 18.2 Å². The van der Waals surface area contributed by atoms with Crippen LogP contribution < -0.4 is 0 Å². The van der Waals surface area contributed by atoms with Gasteiger partial charge in [0.2, 0.25) is 0 Å². The lowest BCUT2D eigenvalue weighted by Crippen LogP contribution is -2.10. The van der Waals surface area contributed by atoms with E-state index in [1.807, 2.05) is 13.2 Å². The van der Waals surface area contributed by atoms with Crippen LogP contribution >= 0.6 is 0 Å². The molecule has 0 aliphatic carbocycles. The van der Waals surface area contributed by atoms with Crippen molar-refractivity contribution in [1.29, 1.82) is 0 Å². The summed E-state index contributed by atoms with van der Waals surface area (Å²) in [5, 5.41) is 9.01. The average molecular weight is 304 g/mol. The summed E-state index contributed by atoms with van der Waals surface area (Å²) < 4.78 is 57.4. The van der Waals surface area contributed by atoms with Crippen LogP contribution in [0.15, 0.2) is 12.4 Å². The summed E-state index contributed by atoms with van der Waals surface area (Å²) in [6.07, 6.45) is 3.01. The lowest BCUT2D eigenvalue weighted by molar-refractivity contribution is 0.185. The van der Waals surface area contributed by atoms with E-state index in [4.69, 9.17) is 14.2 Å². The molecule has 0 radical (unpaired) electrons. The average Bonchev–Trinajstić information content (AvgIpc) is 2.44. The Morgan fingerprint density at radius 2 is 1.72 bits per heavy atom. The van der Waals surface area contributed by atoms with Gasteiger partial charge in [0.15, 0.2) is 0 Å². The zero-order valence-electron chi connectivity index (χ0n) is 9.33. The van der Waals surface area contributed by atoms with Crippen molar-refractivity contribution in [3.63, 3.8) is 0 Å². The van der Waals surface area contributed by atoms with Gasteiger partial charge in [0.1, 0.15) is 11.9 Å². The van der Waals surface area contributed by atoms with Crippen LogP contribution in [-0.4, -0.2) is 40.6 Å². The predicted octanol–water partition coefficient (Wildman–Crippen LogP) is -0.918. The lowest BCUT2D eigenvalue weighted by atomic mass is 10.4. The number of rotatable bonds is 3. The lowest BCUT2D eigenvalue weighted by Gasteiger charge is -2.01. The zero-order chi connectivity index (χ0) is 14.6. The van der Waals surface area contributed by atoms with Crippen molar-refractivity contribution < 1.29 is 34.7 Å². The molecule has 1 rings (SSSR count). The maximum absolute atomic E-state index is 9.44. The predicted molar refractivity (Wildman–Crippen MR) is 58.0 cm³/mol. The molecule has 1 aromatic rings. The van der Waals surface area contributed by atoms with Crippen molar-refractivity contribution in [3.8, 4) is 0 Å². The summed E-state index contributed by atoms with van der Waals surface area (Å²) in [7, 11) is -8.38. The third-order valence-electron chi connectivity index (χ3n) is 1.40. The van der Waals surface area contributed by atoms with Crippen LogP contribution in [0.1, 0.15) is 18.9 Å². The molecule has 1 heterocycles. The van der Waals surface area contributed by atoms with E-state index in [0.29, 0.717) is 5.82 Å². The van der Waals surface area contributed by atoms with E-state index in [-0.39, 0.29) is 0 Å². The Kier molecular flexibility index (Phi) is 5.85. The largest absolute Gasteiger partial charge is 0.413 e. The molecule has 0 saturated carbocycles. The molecular formula is C6H12N2O8S2. The van der Waals surface area contributed by atoms with Crippen LogP contribution in [0.4, 0.5) is 0 Å². The smallest absolute Gasteiger partial charge is 0.385 e. The van der Waals surface area contributed by atoms with Gasteiger partial charge in [-0.2, -0.15) is 16.8 Å². The highest BCUT2D eigenvalue weighted by Crippen LogP contribution is 2.05. The van der Waals surface area contributed by atoms with Crippen LogP contribution in [0.5, 0.6) is 0 Å². The van der Waals surface area contributed by atoms with Gasteiger partial charge in [-0.25, -0.2) is 4.98 Å². The Hall–Kier alpha value is -1.05. The highest BCUT2D eigenvalue weighted by molar-refractivity contribution is 7.94. The van der Waals surface area contributed by atoms with E-state index in [1.165, 1.54) is 0 Å². The van der Waals surface area contributed by atoms with Gasteiger partial charge in [-0.1, -0.05) is 0 Å². The number of imidazole rings is 1. The molecule has 1 aromatic heterocycles. The van der Waals surface area contributed by atoms with Gasteiger partial charge in [0.25, 0.3) is 0 Å². The number of aliphatic hydroxyl groups is 1. The molecule has 0 fully saturated rings. The number of aromatic nitrogens is 2. The van der Waals surface area contributed by atoms with Crippen molar-refractivity contribution >= 4 is 20.8 Å². The number of hydrogen-bond donors (Lipinski definition) is 3. The SMILES string of the molecule is CC(O)c1nccn1C.O=S(=O)(O)OS(=O)(=O)O. The summed E-state index contributed by atoms with van der Waals surface area (Å²) in [4.78, 5) is 3.93. The van der Waals surface area contributed by atoms with Gasteiger partial charge in [0, 0.05) is 19.4 Å². The van der Waals surface area contributed by atoms with Crippen molar-refractivity contribution in [2.45, 2.75) is 13.0 Å². The fourth-order valence-corrected chi connectivity index (χ4v) is 1.76. The van der Waals surface area contributed by atoms with Crippen molar-refractivity contribution in [1.82, 2.24) is 9.55 Å². The third kappa shape index (κ3) is 8.10. The second-order valence-electron chi connectivity index (χ2n) is 3.00. The van der Waals surface area contributed by atoms with E-state index in [9.17, 15) is 16.8 Å². The molecule has 10 nitrogen and oxygen atoms in total. The van der Waals surface area contributed by atoms with Gasteiger partial charge in [-0.3, -0.25) is 9.11 Å². The Balaban J connectivity index is 0.000000321. The normalized spacial score (nSPS) is 13.6. The number of hydrogen-bond acceptors (Lipinski definition) is 7. The first-order valence-electron chi connectivity index (χ1n) is 4.23. The van der Waals surface area contributed by atoms with Gasteiger partial charge in [-0.15, -0.1) is 3.63 Å². The summed E-state index contributed by atoms with van der Waals surface area (Å²) in [5.74, 6) is 0.704. The summed E-state index contributed by atoms with van der Waals surface area (Å²) in [6, 6.07) is 0. The minimum atomic E-state index is -5.12. The first-order valence-corrected chi connectivity index (χ1v) is 6.96. The minimum Gasteiger partial charge on any atom is -0.385 e. The quantitative estimate of drug-likeness (QED) is 0.601. The van der Waals surface area contributed by atoms with Crippen LogP contribution in [0.2, 0.25) is 0 Å². The molecule has 106 valence electrons. The van der Waals surface area contributed by atoms with Crippen molar-refractivity contribution in [2.75, 3.05) is 0 Å². The maximum atomic E-state index is 9.44. The van der Waals surface area contributed by atoms with E-state index in [0.717, 1.165) is 0 Å². The molecule has 0 spiro atoms. The fraction of sp³-hybridized carbons (Fsp3) is 0.500. The second kappa shape index (κ2) is 6.21. The van der Waals surface area contributed by atoms with Crippen molar-refractivity contribution in [2.24, 2.45) is 7.05 Å². The molecule has 0 bridgehead atoms. The molecule has 0 aliphatic heterocycles. The minimum absolute atomic E-state index is 0.468. The van der Waals surface area contributed by atoms with Crippen LogP contribution in [0.25, 0.3) is 0 Å². The molecule has 18 heavy (non-hydrogen) atoms. The Labute approximate surface area is 104 Å². The van der Waals surface area contributed by atoms with Crippen LogP contribution in [-0.2, 0) is 31.5 Å². The summed E-state index contributed by atoms with van der Waals surface area (Å²) in [6.45, 7) is 1.70. The highest BCUT2D eigenvalue weighted by Gasteiger charge is 2.15. The topological polar surface area (TPSA) is 156 Å². The highest BCUT2D eigenvalue weighted by atomic mass is 32.3. The summed E-state index contributed by atoms with van der Waals surface area (Å²) in [5.41, 5.74) is 0. The molecule has 12 heteroatoms. The van der Waals surface area contributed by atoms with E-state index in [1.54, 1.807) is 17.7 Å². The molecule has 0 saturated heterocycles.